The first kappa shape index (κ1) is 14.8. The van der Waals surface area contributed by atoms with Crippen molar-refractivity contribution in [3.63, 3.8) is 0 Å². The maximum Gasteiger partial charge on any atom is 0.189 e. The minimum Gasteiger partial charge on any atom is -0.395 e. The van der Waals surface area contributed by atoms with Crippen molar-refractivity contribution in [2.45, 2.75) is 39.8 Å². The van der Waals surface area contributed by atoms with Gasteiger partial charge in [0.15, 0.2) is 5.43 Å². The van der Waals surface area contributed by atoms with Gasteiger partial charge in [0.05, 0.1) is 12.1 Å². The smallest absolute Gasteiger partial charge is 0.189 e. The number of aromatic amines is 1. The molecule has 0 radical (unpaired) electrons. The molecule has 108 valence electrons. The van der Waals surface area contributed by atoms with E-state index in [0.717, 1.165) is 34.1 Å². The van der Waals surface area contributed by atoms with Crippen LogP contribution in [0.1, 0.15) is 30.2 Å². The van der Waals surface area contributed by atoms with E-state index >= 15 is 0 Å². The topological polar surface area (TPSA) is 65.1 Å². The largest absolute Gasteiger partial charge is 0.395 e. The average Bonchev–Trinajstić information content (AvgIpc) is 2.41. The number of pyridine rings is 1. The van der Waals surface area contributed by atoms with Crippen LogP contribution in [0.4, 0.5) is 0 Å². The molecule has 0 aliphatic rings. The molecule has 0 aliphatic carbocycles. The number of nitrogens with one attached hydrogen (secondary N) is 2. The van der Waals surface area contributed by atoms with E-state index < -0.39 is 0 Å². The van der Waals surface area contributed by atoms with Gasteiger partial charge in [0, 0.05) is 29.7 Å². The van der Waals surface area contributed by atoms with E-state index in [1.54, 1.807) is 6.07 Å². The van der Waals surface area contributed by atoms with Crippen LogP contribution in [0.3, 0.4) is 0 Å². The van der Waals surface area contributed by atoms with Gasteiger partial charge in [-0.3, -0.25) is 4.79 Å². The first-order chi connectivity index (χ1) is 9.55. The molecule has 0 aliphatic heterocycles. The third-order valence-electron chi connectivity index (χ3n) is 3.63. The van der Waals surface area contributed by atoms with Crippen molar-refractivity contribution in [3.8, 4) is 0 Å². The highest BCUT2D eigenvalue weighted by Crippen LogP contribution is 2.16. The van der Waals surface area contributed by atoms with Crippen LogP contribution >= 0.6 is 0 Å². The molecule has 20 heavy (non-hydrogen) atoms. The van der Waals surface area contributed by atoms with Crippen LogP contribution in [0, 0.1) is 13.8 Å². The van der Waals surface area contributed by atoms with E-state index in [1.165, 1.54) is 0 Å². The summed E-state index contributed by atoms with van der Waals surface area (Å²) in [6, 6.07) is 5.69. The van der Waals surface area contributed by atoms with E-state index in [9.17, 15) is 9.90 Å². The average molecular weight is 274 g/mol. The second-order valence-electron chi connectivity index (χ2n) is 5.33. The summed E-state index contributed by atoms with van der Waals surface area (Å²) < 4.78 is 0. The Hall–Kier alpha value is -1.65. The Balaban J connectivity index is 2.35. The highest BCUT2D eigenvalue weighted by molar-refractivity contribution is 5.82. The molecule has 1 aromatic carbocycles. The van der Waals surface area contributed by atoms with Crippen LogP contribution in [-0.2, 0) is 6.54 Å². The minimum absolute atomic E-state index is 0.0411. The Bertz CT molecular complexity index is 657. The molecule has 4 heteroatoms. The van der Waals surface area contributed by atoms with Crippen molar-refractivity contribution in [2.75, 3.05) is 6.61 Å². The molecule has 0 amide bonds. The van der Waals surface area contributed by atoms with Crippen LogP contribution in [0.15, 0.2) is 23.0 Å². The summed E-state index contributed by atoms with van der Waals surface area (Å²) in [6.45, 7) is 6.67. The van der Waals surface area contributed by atoms with Gasteiger partial charge >= 0.3 is 0 Å². The van der Waals surface area contributed by atoms with Gasteiger partial charge in [0.1, 0.15) is 0 Å². The predicted octanol–water partition coefficient (Wildman–Crippen LogP) is 2.01. The van der Waals surface area contributed by atoms with Gasteiger partial charge in [0.2, 0.25) is 0 Å². The maximum atomic E-state index is 12.2. The standard InChI is InChI=1S/C16H22N2O2/c1-4-12(9-19)17-8-13-7-15(20)14-6-10(2)5-11(3)16(14)18-13/h5-7,12,17,19H,4,8-9H2,1-3H3,(H,18,20)/t12-/m0/s1. The normalized spacial score (nSPS) is 12.8. The van der Waals surface area contributed by atoms with Crippen molar-refractivity contribution < 1.29 is 5.11 Å². The molecule has 3 N–H and O–H groups in total. The van der Waals surface area contributed by atoms with E-state index in [4.69, 9.17) is 0 Å². The molecule has 0 saturated heterocycles. The summed E-state index contributed by atoms with van der Waals surface area (Å²) >= 11 is 0. The fourth-order valence-corrected chi connectivity index (χ4v) is 2.45. The maximum absolute atomic E-state index is 12.2. The quantitative estimate of drug-likeness (QED) is 0.781. The first-order valence-electron chi connectivity index (χ1n) is 7.02. The molecule has 0 fully saturated rings. The third kappa shape index (κ3) is 3.08. The number of hydrogen-bond donors (Lipinski definition) is 3. The number of aromatic nitrogens is 1. The number of H-pyrrole nitrogens is 1. The van der Waals surface area contributed by atoms with E-state index in [0.29, 0.717) is 6.54 Å². The lowest BCUT2D eigenvalue weighted by atomic mass is 10.1. The summed E-state index contributed by atoms with van der Waals surface area (Å²) in [5, 5.41) is 13.1. The molecule has 4 nitrogen and oxygen atoms in total. The molecule has 1 atom stereocenters. The molecule has 0 spiro atoms. The molecule has 0 saturated carbocycles. The second kappa shape index (κ2) is 6.20. The number of fused-ring (bicyclic) bond motifs is 1. The number of benzene rings is 1. The molecular formula is C16H22N2O2. The number of aliphatic hydroxyl groups is 1. The zero-order chi connectivity index (χ0) is 14.7. The van der Waals surface area contributed by atoms with Crippen molar-refractivity contribution in [2.24, 2.45) is 0 Å². The summed E-state index contributed by atoms with van der Waals surface area (Å²) in [5.41, 5.74) is 3.96. The van der Waals surface area contributed by atoms with Crippen molar-refractivity contribution in [1.29, 1.82) is 0 Å². The van der Waals surface area contributed by atoms with Crippen LogP contribution in [-0.4, -0.2) is 22.7 Å². The molecule has 2 rings (SSSR count). The summed E-state index contributed by atoms with van der Waals surface area (Å²) in [4.78, 5) is 15.5. The molecule has 2 aromatic rings. The number of rotatable bonds is 5. The van der Waals surface area contributed by atoms with Crippen LogP contribution in [0.5, 0.6) is 0 Å². The summed E-state index contributed by atoms with van der Waals surface area (Å²) in [6.07, 6.45) is 0.854. The first-order valence-corrected chi connectivity index (χ1v) is 7.02. The van der Waals surface area contributed by atoms with E-state index in [2.05, 4.69) is 16.4 Å². The Labute approximate surface area is 118 Å². The zero-order valence-corrected chi connectivity index (χ0v) is 12.3. The molecule has 1 heterocycles. The lowest BCUT2D eigenvalue weighted by Gasteiger charge is -2.14. The number of hydrogen-bond acceptors (Lipinski definition) is 3. The zero-order valence-electron chi connectivity index (χ0n) is 12.3. The minimum atomic E-state index is 0.0411. The van der Waals surface area contributed by atoms with Gasteiger partial charge in [0.25, 0.3) is 0 Å². The van der Waals surface area contributed by atoms with Gasteiger partial charge in [-0.25, -0.2) is 0 Å². The molecule has 0 unspecified atom stereocenters. The van der Waals surface area contributed by atoms with Gasteiger partial charge in [-0.05, 0) is 37.5 Å². The lowest BCUT2D eigenvalue weighted by Crippen LogP contribution is -2.31. The third-order valence-corrected chi connectivity index (χ3v) is 3.63. The lowest BCUT2D eigenvalue weighted by molar-refractivity contribution is 0.238. The fraction of sp³-hybridized carbons (Fsp3) is 0.438. The van der Waals surface area contributed by atoms with Crippen LogP contribution < -0.4 is 10.7 Å². The Morgan fingerprint density at radius 1 is 1.30 bits per heavy atom. The van der Waals surface area contributed by atoms with Crippen LogP contribution in [0.25, 0.3) is 10.9 Å². The highest BCUT2D eigenvalue weighted by Gasteiger charge is 2.07. The Morgan fingerprint density at radius 2 is 2.05 bits per heavy atom. The van der Waals surface area contributed by atoms with E-state index in [1.807, 2.05) is 26.8 Å². The molecular weight excluding hydrogens is 252 g/mol. The van der Waals surface area contributed by atoms with Gasteiger partial charge in [-0.15, -0.1) is 0 Å². The van der Waals surface area contributed by atoms with Gasteiger partial charge in [-0.1, -0.05) is 13.0 Å². The molecule has 1 aromatic heterocycles. The van der Waals surface area contributed by atoms with Gasteiger partial charge < -0.3 is 15.4 Å². The second-order valence-corrected chi connectivity index (χ2v) is 5.33. The van der Waals surface area contributed by atoms with Crippen molar-refractivity contribution in [1.82, 2.24) is 10.3 Å². The summed E-state index contributed by atoms with van der Waals surface area (Å²) in [7, 11) is 0. The predicted molar refractivity (Wildman–Crippen MR) is 82.0 cm³/mol. The van der Waals surface area contributed by atoms with E-state index in [-0.39, 0.29) is 18.1 Å². The van der Waals surface area contributed by atoms with Crippen molar-refractivity contribution >= 4 is 10.9 Å². The number of aryl methyl sites for hydroxylation is 2. The van der Waals surface area contributed by atoms with Gasteiger partial charge in [-0.2, -0.15) is 0 Å². The SMILES string of the molecule is CC[C@@H](CO)NCc1cc(=O)c2cc(C)cc(C)c2[nH]1. The summed E-state index contributed by atoms with van der Waals surface area (Å²) in [5.74, 6) is 0. The Morgan fingerprint density at radius 3 is 2.70 bits per heavy atom. The highest BCUT2D eigenvalue weighted by atomic mass is 16.3. The monoisotopic (exact) mass is 274 g/mol. The van der Waals surface area contributed by atoms with Crippen LogP contribution in [0.2, 0.25) is 0 Å². The fourth-order valence-electron chi connectivity index (χ4n) is 2.45. The number of aliphatic hydroxyl groups excluding tert-OH is 1. The van der Waals surface area contributed by atoms with Crippen molar-refractivity contribution in [3.05, 3.63) is 45.2 Å². The molecule has 0 bridgehead atoms. The Kier molecular flexibility index (Phi) is 4.57.